The van der Waals surface area contributed by atoms with Gasteiger partial charge in [0.15, 0.2) is 5.13 Å². The predicted octanol–water partition coefficient (Wildman–Crippen LogP) is 4.69. The fraction of sp³-hybridized carbons (Fsp3) is 0.211. The van der Waals surface area contributed by atoms with E-state index in [0.717, 1.165) is 20.9 Å². The highest BCUT2D eigenvalue weighted by molar-refractivity contribution is 7.99. The molecule has 0 aliphatic carbocycles. The number of rotatable bonds is 7. The van der Waals surface area contributed by atoms with Gasteiger partial charge in [0.2, 0.25) is 5.91 Å². The summed E-state index contributed by atoms with van der Waals surface area (Å²) >= 11 is 3.03. The minimum absolute atomic E-state index is 0.0600. The van der Waals surface area contributed by atoms with Crippen LogP contribution < -0.4 is 10.1 Å². The van der Waals surface area contributed by atoms with Gasteiger partial charge < -0.3 is 10.1 Å². The second kappa shape index (κ2) is 8.70. The van der Waals surface area contributed by atoms with E-state index in [-0.39, 0.29) is 5.91 Å². The summed E-state index contributed by atoms with van der Waals surface area (Å²) in [6, 6.07) is 15.1. The van der Waals surface area contributed by atoms with Crippen LogP contribution in [0.3, 0.4) is 0 Å². The maximum Gasteiger partial charge on any atom is 0.226 e. The third-order valence-corrected chi connectivity index (χ3v) is 5.45. The molecule has 1 aromatic heterocycles. The van der Waals surface area contributed by atoms with E-state index in [1.807, 2.05) is 37.3 Å². The molecule has 0 fully saturated rings. The second-order valence-electron chi connectivity index (χ2n) is 5.36. The number of fused-ring (bicyclic) bond motifs is 1. The fourth-order valence-electron chi connectivity index (χ4n) is 2.28. The fourth-order valence-corrected chi connectivity index (χ4v) is 4.05. The minimum atomic E-state index is -0.0600. The van der Waals surface area contributed by atoms with Gasteiger partial charge in [-0.15, -0.1) is 11.8 Å². The SMILES string of the molecule is CCOc1ccc2nc(NC(=O)CCSc3ccc(C#N)cc3)sc2c1. The first-order chi connectivity index (χ1) is 12.7. The molecular weight excluding hydrogens is 366 g/mol. The van der Waals surface area contributed by atoms with Crippen LogP contribution >= 0.6 is 23.1 Å². The topological polar surface area (TPSA) is 75.0 Å². The van der Waals surface area contributed by atoms with E-state index >= 15 is 0 Å². The number of nitriles is 1. The van der Waals surface area contributed by atoms with Crippen LogP contribution in [-0.4, -0.2) is 23.3 Å². The molecule has 3 aromatic rings. The van der Waals surface area contributed by atoms with Gasteiger partial charge in [-0.1, -0.05) is 11.3 Å². The summed E-state index contributed by atoms with van der Waals surface area (Å²) in [5.41, 5.74) is 1.48. The lowest BCUT2D eigenvalue weighted by molar-refractivity contribution is -0.115. The van der Waals surface area contributed by atoms with Crippen LogP contribution in [-0.2, 0) is 4.79 Å². The van der Waals surface area contributed by atoms with E-state index in [9.17, 15) is 4.79 Å². The van der Waals surface area contributed by atoms with Crippen molar-refractivity contribution in [2.45, 2.75) is 18.2 Å². The van der Waals surface area contributed by atoms with Crippen molar-refractivity contribution < 1.29 is 9.53 Å². The van der Waals surface area contributed by atoms with Crippen molar-refractivity contribution in [3.05, 3.63) is 48.0 Å². The number of hydrogen-bond acceptors (Lipinski definition) is 6. The largest absolute Gasteiger partial charge is 0.494 e. The molecule has 0 aliphatic rings. The number of carbonyl (C=O) groups excluding carboxylic acids is 1. The number of ether oxygens (including phenoxy) is 1. The summed E-state index contributed by atoms with van der Waals surface area (Å²) in [5.74, 6) is 1.41. The number of thioether (sulfide) groups is 1. The number of aromatic nitrogens is 1. The Morgan fingerprint density at radius 2 is 2.12 bits per heavy atom. The van der Waals surface area contributed by atoms with Crippen LogP contribution in [0.2, 0.25) is 0 Å². The number of amides is 1. The Morgan fingerprint density at radius 1 is 1.31 bits per heavy atom. The predicted molar refractivity (Wildman–Crippen MR) is 106 cm³/mol. The molecule has 1 heterocycles. The van der Waals surface area contributed by atoms with Gasteiger partial charge in [0.1, 0.15) is 5.75 Å². The smallest absolute Gasteiger partial charge is 0.226 e. The van der Waals surface area contributed by atoms with Crippen molar-refractivity contribution in [3.63, 3.8) is 0 Å². The lowest BCUT2D eigenvalue weighted by atomic mass is 10.2. The van der Waals surface area contributed by atoms with Gasteiger partial charge >= 0.3 is 0 Å². The number of anilines is 1. The Balaban J connectivity index is 1.52. The third kappa shape index (κ3) is 4.75. The zero-order chi connectivity index (χ0) is 18.4. The Bertz CT molecular complexity index is 946. The summed E-state index contributed by atoms with van der Waals surface area (Å²) in [5, 5.41) is 12.2. The van der Waals surface area contributed by atoms with Crippen LogP contribution in [0.25, 0.3) is 10.2 Å². The summed E-state index contributed by atoms with van der Waals surface area (Å²) in [6.07, 6.45) is 0.394. The molecule has 0 radical (unpaired) electrons. The molecule has 0 unspecified atom stereocenters. The second-order valence-corrected chi connectivity index (χ2v) is 7.56. The molecule has 132 valence electrons. The molecule has 0 saturated carbocycles. The number of carbonyl (C=O) groups is 1. The van der Waals surface area contributed by atoms with Gasteiger partial charge in [0.05, 0.1) is 28.5 Å². The van der Waals surface area contributed by atoms with E-state index in [0.29, 0.717) is 29.5 Å². The molecule has 0 spiro atoms. The molecule has 0 atom stereocenters. The summed E-state index contributed by atoms with van der Waals surface area (Å²) < 4.78 is 6.47. The van der Waals surface area contributed by atoms with Gasteiger partial charge in [0, 0.05) is 17.1 Å². The average Bonchev–Trinajstić information content (AvgIpc) is 3.04. The lowest BCUT2D eigenvalue weighted by Crippen LogP contribution is -2.11. The number of nitrogens with one attached hydrogen (secondary N) is 1. The molecule has 7 heteroatoms. The summed E-state index contributed by atoms with van der Waals surface area (Å²) in [7, 11) is 0. The van der Waals surface area contributed by atoms with Crippen LogP contribution in [0.1, 0.15) is 18.9 Å². The molecule has 1 N–H and O–H groups in total. The Labute approximate surface area is 160 Å². The first-order valence-corrected chi connectivity index (χ1v) is 9.94. The Kier molecular flexibility index (Phi) is 6.10. The van der Waals surface area contributed by atoms with Gasteiger partial charge in [-0.05, 0) is 49.4 Å². The van der Waals surface area contributed by atoms with Crippen molar-refractivity contribution in [1.29, 1.82) is 5.26 Å². The van der Waals surface area contributed by atoms with E-state index < -0.39 is 0 Å². The Hall–Kier alpha value is -2.56. The first kappa shape index (κ1) is 18.2. The maximum atomic E-state index is 12.1. The van der Waals surface area contributed by atoms with E-state index in [1.54, 1.807) is 23.9 Å². The first-order valence-electron chi connectivity index (χ1n) is 8.14. The van der Waals surface area contributed by atoms with E-state index in [4.69, 9.17) is 10.00 Å². The van der Waals surface area contributed by atoms with Crippen molar-refractivity contribution in [2.24, 2.45) is 0 Å². The molecule has 1 amide bonds. The van der Waals surface area contributed by atoms with Gasteiger partial charge in [-0.3, -0.25) is 4.79 Å². The van der Waals surface area contributed by atoms with Crippen LogP contribution in [0, 0.1) is 11.3 Å². The number of benzene rings is 2. The lowest BCUT2D eigenvalue weighted by Gasteiger charge is -2.02. The third-order valence-electron chi connectivity index (χ3n) is 3.50. The number of hydrogen-bond donors (Lipinski definition) is 1. The van der Waals surface area contributed by atoms with Crippen molar-refractivity contribution in [2.75, 3.05) is 17.7 Å². The number of nitrogens with zero attached hydrogens (tertiary/aromatic N) is 2. The molecule has 2 aromatic carbocycles. The zero-order valence-electron chi connectivity index (χ0n) is 14.2. The van der Waals surface area contributed by atoms with Gasteiger partial charge in [-0.25, -0.2) is 4.98 Å². The molecule has 26 heavy (non-hydrogen) atoms. The number of thiazole rings is 1. The van der Waals surface area contributed by atoms with Crippen LogP contribution in [0.15, 0.2) is 47.4 Å². The highest BCUT2D eigenvalue weighted by Crippen LogP contribution is 2.29. The summed E-state index contributed by atoms with van der Waals surface area (Å²) in [4.78, 5) is 17.6. The van der Waals surface area contributed by atoms with Crippen LogP contribution in [0.4, 0.5) is 5.13 Å². The average molecular weight is 383 g/mol. The molecule has 0 aliphatic heterocycles. The van der Waals surface area contributed by atoms with Crippen molar-refractivity contribution in [3.8, 4) is 11.8 Å². The molecular formula is C19H17N3O2S2. The molecule has 0 bridgehead atoms. The van der Waals surface area contributed by atoms with E-state index in [2.05, 4.69) is 16.4 Å². The van der Waals surface area contributed by atoms with Crippen molar-refractivity contribution in [1.82, 2.24) is 4.98 Å². The zero-order valence-corrected chi connectivity index (χ0v) is 15.8. The normalized spacial score (nSPS) is 10.5. The quantitative estimate of drug-likeness (QED) is 0.599. The van der Waals surface area contributed by atoms with Crippen molar-refractivity contribution >= 4 is 44.4 Å². The van der Waals surface area contributed by atoms with Gasteiger partial charge in [0.25, 0.3) is 0 Å². The van der Waals surface area contributed by atoms with E-state index in [1.165, 1.54) is 11.3 Å². The molecule has 5 nitrogen and oxygen atoms in total. The maximum absolute atomic E-state index is 12.1. The van der Waals surface area contributed by atoms with Crippen LogP contribution in [0.5, 0.6) is 5.75 Å². The highest BCUT2D eigenvalue weighted by atomic mass is 32.2. The Morgan fingerprint density at radius 3 is 2.85 bits per heavy atom. The highest BCUT2D eigenvalue weighted by Gasteiger charge is 2.09. The minimum Gasteiger partial charge on any atom is -0.494 e. The monoisotopic (exact) mass is 383 g/mol. The molecule has 3 rings (SSSR count). The summed E-state index contributed by atoms with van der Waals surface area (Å²) in [6.45, 7) is 2.56. The molecule has 0 saturated heterocycles. The standard InChI is InChI=1S/C19H17N3O2S2/c1-2-24-14-5-8-16-17(11-14)26-19(21-16)22-18(23)9-10-25-15-6-3-13(12-20)4-7-15/h3-8,11H,2,9-10H2,1H3,(H,21,22,23). The van der Waals surface area contributed by atoms with Gasteiger partial charge in [-0.2, -0.15) is 5.26 Å².